The van der Waals surface area contributed by atoms with E-state index in [1.165, 1.54) is 6.08 Å². The van der Waals surface area contributed by atoms with Crippen LogP contribution >= 0.6 is 58.0 Å². The Hall–Kier alpha value is -0.530. The van der Waals surface area contributed by atoms with Crippen LogP contribution in [0.25, 0.3) is 0 Å². The van der Waals surface area contributed by atoms with Gasteiger partial charge in [0, 0.05) is 5.56 Å². The number of esters is 1. The standard InChI is InChI=1S/C16H12Cl5F3O3/c1-15(2)7(3-10(19)20)11(15)14(25)26-5-6-8(17)4-9(18)13(12(6)21)27-16(22,23)24/h3-4,7,11H,5H2,1-2H3. The highest BCUT2D eigenvalue weighted by Crippen LogP contribution is 2.60. The van der Waals surface area contributed by atoms with Crippen LogP contribution in [0.2, 0.25) is 15.1 Å². The molecule has 1 aromatic rings. The van der Waals surface area contributed by atoms with Crippen LogP contribution in [0.4, 0.5) is 13.2 Å². The van der Waals surface area contributed by atoms with Crippen molar-refractivity contribution in [1.82, 2.24) is 0 Å². The zero-order valence-electron chi connectivity index (χ0n) is 13.8. The second kappa shape index (κ2) is 8.07. The van der Waals surface area contributed by atoms with Gasteiger partial charge in [-0.05, 0) is 23.5 Å². The predicted octanol–water partition coefficient (Wildman–Crippen LogP) is 7.18. The van der Waals surface area contributed by atoms with Gasteiger partial charge in [0.05, 0.1) is 21.0 Å². The summed E-state index contributed by atoms with van der Waals surface area (Å²) in [4.78, 5) is 12.3. The monoisotopic (exact) mass is 484 g/mol. The summed E-state index contributed by atoms with van der Waals surface area (Å²) in [5.41, 5.74) is -0.485. The lowest BCUT2D eigenvalue weighted by Gasteiger charge is -2.16. The Morgan fingerprint density at radius 1 is 1.22 bits per heavy atom. The van der Waals surface area contributed by atoms with E-state index < -0.39 is 46.1 Å². The maximum atomic E-state index is 12.5. The topological polar surface area (TPSA) is 35.5 Å². The van der Waals surface area contributed by atoms with E-state index in [1.54, 1.807) is 0 Å². The third-order valence-electron chi connectivity index (χ3n) is 4.27. The molecule has 0 spiro atoms. The average Bonchev–Trinajstić information content (AvgIpc) is 3.02. The Balaban J connectivity index is 2.18. The van der Waals surface area contributed by atoms with Crippen LogP contribution in [0.15, 0.2) is 16.6 Å². The minimum atomic E-state index is -5.01. The summed E-state index contributed by atoms with van der Waals surface area (Å²) in [7, 11) is 0. The molecule has 0 radical (unpaired) electrons. The largest absolute Gasteiger partial charge is 0.573 e. The maximum absolute atomic E-state index is 12.5. The lowest BCUT2D eigenvalue weighted by molar-refractivity contribution is -0.274. The molecule has 1 fully saturated rings. The molecule has 150 valence electrons. The van der Waals surface area contributed by atoms with Gasteiger partial charge in [0.1, 0.15) is 11.1 Å². The minimum Gasteiger partial charge on any atom is -0.460 e. The molecule has 0 amide bonds. The second-order valence-corrected chi connectivity index (χ2v) is 8.60. The molecule has 27 heavy (non-hydrogen) atoms. The molecule has 1 aliphatic rings. The fourth-order valence-electron chi connectivity index (χ4n) is 2.76. The molecule has 3 nitrogen and oxygen atoms in total. The quantitative estimate of drug-likeness (QED) is 0.414. The first kappa shape index (κ1) is 22.8. The van der Waals surface area contributed by atoms with Gasteiger partial charge >= 0.3 is 12.3 Å². The summed E-state index contributed by atoms with van der Waals surface area (Å²) in [6, 6.07) is 1.03. The lowest BCUT2D eigenvalue weighted by Crippen LogP contribution is -2.18. The van der Waals surface area contributed by atoms with Crippen LogP contribution in [0, 0.1) is 17.3 Å². The van der Waals surface area contributed by atoms with Crippen molar-refractivity contribution in [3.63, 3.8) is 0 Å². The van der Waals surface area contributed by atoms with Crippen LogP contribution in [-0.4, -0.2) is 12.3 Å². The molecule has 0 aromatic heterocycles. The van der Waals surface area contributed by atoms with Gasteiger partial charge in [-0.2, -0.15) is 0 Å². The van der Waals surface area contributed by atoms with E-state index in [-0.39, 0.29) is 21.0 Å². The highest BCUT2D eigenvalue weighted by atomic mass is 35.5. The van der Waals surface area contributed by atoms with E-state index >= 15 is 0 Å². The van der Waals surface area contributed by atoms with Crippen molar-refractivity contribution in [2.45, 2.75) is 26.8 Å². The van der Waals surface area contributed by atoms with Crippen LogP contribution in [0.1, 0.15) is 19.4 Å². The summed E-state index contributed by atoms with van der Waals surface area (Å²) in [5.74, 6) is -2.14. The fourth-order valence-corrected chi connectivity index (χ4v) is 3.98. The van der Waals surface area contributed by atoms with Gasteiger partial charge in [0.25, 0.3) is 0 Å². The summed E-state index contributed by atoms with van der Waals surface area (Å²) in [6.45, 7) is 3.20. The van der Waals surface area contributed by atoms with Crippen molar-refractivity contribution in [2.75, 3.05) is 0 Å². The third-order valence-corrected chi connectivity index (χ3v) is 5.54. The first-order valence-electron chi connectivity index (χ1n) is 7.37. The van der Waals surface area contributed by atoms with Crippen molar-refractivity contribution in [1.29, 1.82) is 0 Å². The maximum Gasteiger partial charge on any atom is 0.573 e. The Labute approximate surface area is 178 Å². The molecule has 0 N–H and O–H groups in total. The van der Waals surface area contributed by atoms with Gasteiger partial charge < -0.3 is 9.47 Å². The zero-order chi connectivity index (χ0) is 20.7. The minimum absolute atomic E-state index is 0.0288. The van der Waals surface area contributed by atoms with E-state index in [9.17, 15) is 18.0 Å². The van der Waals surface area contributed by atoms with Crippen molar-refractivity contribution in [3.8, 4) is 5.75 Å². The zero-order valence-corrected chi connectivity index (χ0v) is 17.5. The normalized spacial score (nSPS) is 20.8. The first-order chi connectivity index (χ1) is 12.3. The van der Waals surface area contributed by atoms with Gasteiger partial charge in [-0.15, -0.1) is 13.2 Å². The summed E-state index contributed by atoms with van der Waals surface area (Å²) in [6.07, 6.45) is -3.47. The van der Waals surface area contributed by atoms with E-state index in [1.807, 2.05) is 13.8 Å². The second-order valence-electron chi connectivity index (χ2n) is 6.40. The van der Waals surface area contributed by atoms with Crippen LogP contribution in [0.5, 0.6) is 5.75 Å². The van der Waals surface area contributed by atoms with E-state index in [2.05, 4.69) is 4.74 Å². The Morgan fingerprint density at radius 3 is 2.33 bits per heavy atom. The summed E-state index contributed by atoms with van der Waals surface area (Å²) < 4.78 is 46.6. The molecule has 2 rings (SSSR count). The van der Waals surface area contributed by atoms with Crippen molar-refractivity contribution < 1.29 is 27.4 Å². The van der Waals surface area contributed by atoms with Crippen LogP contribution in [-0.2, 0) is 16.1 Å². The number of ether oxygens (including phenoxy) is 2. The molecular weight excluding hydrogens is 474 g/mol. The summed E-state index contributed by atoms with van der Waals surface area (Å²) in [5, 5.41) is -0.988. The Bertz CT molecular complexity index is 788. The SMILES string of the molecule is CC1(C)C(C=C(Cl)Cl)C1C(=O)OCc1c(Cl)cc(Cl)c(OC(F)(F)F)c1Cl. The number of allylic oxidation sites excluding steroid dienone is 1. The van der Waals surface area contributed by atoms with Gasteiger partial charge in [-0.1, -0.05) is 71.9 Å². The van der Waals surface area contributed by atoms with Gasteiger partial charge in [0.15, 0.2) is 5.75 Å². The number of alkyl halides is 3. The van der Waals surface area contributed by atoms with E-state index in [4.69, 9.17) is 62.7 Å². The predicted molar refractivity (Wildman–Crippen MR) is 98.5 cm³/mol. The molecule has 2 atom stereocenters. The smallest absolute Gasteiger partial charge is 0.460 e. The van der Waals surface area contributed by atoms with E-state index in [0.717, 1.165) is 6.07 Å². The molecule has 0 aliphatic heterocycles. The lowest BCUT2D eigenvalue weighted by atomic mass is 10.1. The molecule has 1 aliphatic carbocycles. The van der Waals surface area contributed by atoms with Crippen molar-refractivity contribution >= 4 is 64.0 Å². The van der Waals surface area contributed by atoms with E-state index in [0.29, 0.717) is 0 Å². The molecule has 0 heterocycles. The number of rotatable bonds is 5. The molecular formula is C16H12Cl5F3O3. The Morgan fingerprint density at radius 2 is 1.81 bits per heavy atom. The van der Waals surface area contributed by atoms with Gasteiger partial charge in [-0.25, -0.2) is 0 Å². The molecule has 0 bridgehead atoms. The number of carbonyl (C=O) groups is 1. The highest BCUT2D eigenvalue weighted by molar-refractivity contribution is 6.55. The molecule has 2 unspecified atom stereocenters. The molecule has 11 heteroatoms. The first-order valence-corrected chi connectivity index (χ1v) is 9.26. The molecule has 1 aromatic carbocycles. The van der Waals surface area contributed by atoms with Crippen molar-refractivity contribution in [3.05, 3.63) is 37.3 Å². The number of carbonyl (C=O) groups excluding carboxylic acids is 1. The highest BCUT2D eigenvalue weighted by Gasteiger charge is 2.61. The van der Waals surface area contributed by atoms with Crippen LogP contribution in [0.3, 0.4) is 0 Å². The van der Waals surface area contributed by atoms with Gasteiger partial charge in [-0.3, -0.25) is 4.79 Å². The molecule has 0 saturated heterocycles. The number of hydrogen-bond donors (Lipinski definition) is 0. The van der Waals surface area contributed by atoms with Gasteiger partial charge in [0.2, 0.25) is 0 Å². The molecule has 1 saturated carbocycles. The van der Waals surface area contributed by atoms with Crippen molar-refractivity contribution in [2.24, 2.45) is 17.3 Å². The Kier molecular flexibility index (Phi) is 6.80. The number of benzene rings is 1. The summed E-state index contributed by atoms with van der Waals surface area (Å²) >= 11 is 28.9. The number of hydrogen-bond acceptors (Lipinski definition) is 3. The number of halogens is 8. The van der Waals surface area contributed by atoms with Crippen LogP contribution < -0.4 is 4.74 Å². The fraction of sp³-hybridized carbons (Fsp3) is 0.438. The average molecular weight is 487 g/mol. The third kappa shape index (κ3) is 5.30.